The molecule has 12 nitrogen and oxygen atoms in total. The van der Waals surface area contributed by atoms with Crippen LogP contribution in [0.25, 0.3) is 0 Å². The van der Waals surface area contributed by atoms with Crippen molar-refractivity contribution in [2.24, 2.45) is 0 Å². The van der Waals surface area contributed by atoms with Crippen molar-refractivity contribution in [3.63, 3.8) is 0 Å². The Bertz CT molecular complexity index is 1090. The van der Waals surface area contributed by atoms with Gasteiger partial charge in [-0.05, 0) is 37.1 Å². The molecule has 0 aliphatic heterocycles. The summed E-state index contributed by atoms with van der Waals surface area (Å²) in [6, 6.07) is 12.1. The van der Waals surface area contributed by atoms with Gasteiger partial charge in [0, 0.05) is 0 Å². The maximum Gasteiger partial charge on any atom is 0.334 e. The minimum Gasteiger partial charge on any atom is -0.493 e. The maximum atomic E-state index is 12.6. The minimum absolute atomic E-state index is 0.278. The second-order valence-electron chi connectivity index (χ2n) is 10.6. The molecule has 248 valence electrons. The van der Waals surface area contributed by atoms with Gasteiger partial charge in [0.25, 0.3) is 11.8 Å². The number of carbonyl (C=O) groups is 4. The summed E-state index contributed by atoms with van der Waals surface area (Å²) in [6.45, 7) is 5.08. The molecule has 0 saturated heterocycles. The first-order valence-electron chi connectivity index (χ1n) is 16.1. The second kappa shape index (κ2) is 23.0. The molecule has 12 heteroatoms. The van der Waals surface area contributed by atoms with E-state index >= 15 is 0 Å². The lowest BCUT2D eigenvalue weighted by Crippen LogP contribution is -2.52. The molecule has 45 heavy (non-hydrogen) atoms. The highest BCUT2D eigenvalue weighted by molar-refractivity contribution is 5.98. The van der Waals surface area contributed by atoms with E-state index in [4.69, 9.17) is 9.47 Å². The molecule has 0 aliphatic carbocycles. The Hall–Kier alpha value is -4.48. The number of urea groups is 2. The number of rotatable bonds is 20. The number of ether oxygens (including phenoxy) is 2. The van der Waals surface area contributed by atoms with Crippen molar-refractivity contribution < 1.29 is 28.7 Å². The van der Waals surface area contributed by atoms with E-state index < -0.39 is 23.9 Å². The Kier molecular flexibility index (Phi) is 18.7. The zero-order valence-electron chi connectivity index (χ0n) is 26.7. The van der Waals surface area contributed by atoms with Crippen LogP contribution >= 0.6 is 0 Å². The molecule has 2 aromatic rings. The van der Waals surface area contributed by atoms with Crippen LogP contribution in [0, 0.1) is 0 Å². The monoisotopic (exact) mass is 626 g/mol. The largest absolute Gasteiger partial charge is 0.493 e. The van der Waals surface area contributed by atoms with Crippen LogP contribution in [0.15, 0.2) is 48.5 Å². The van der Waals surface area contributed by atoms with E-state index in [9.17, 15) is 19.2 Å². The molecule has 0 heterocycles. The Morgan fingerprint density at radius 1 is 0.511 bits per heavy atom. The summed E-state index contributed by atoms with van der Waals surface area (Å²) >= 11 is 0. The molecule has 0 unspecified atom stereocenters. The van der Waals surface area contributed by atoms with Gasteiger partial charge in [0.15, 0.2) is 0 Å². The van der Waals surface area contributed by atoms with Crippen molar-refractivity contribution in [2.45, 2.75) is 90.9 Å². The lowest BCUT2D eigenvalue weighted by Gasteiger charge is -2.14. The predicted molar refractivity (Wildman–Crippen MR) is 174 cm³/mol. The van der Waals surface area contributed by atoms with Gasteiger partial charge in [-0.15, -0.1) is 0 Å². The average Bonchev–Trinajstić information content (AvgIpc) is 3.05. The molecule has 0 saturated carbocycles. The smallest absolute Gasteiger partial charge is 0.334 e. The van der Waals surface area contributed by atoms with Crippen LogP contribution in [0.3, 0.4) is 0 Å². The predicted octanol–water partition coefficient (Wildman–Crippen LogP) is 5.71. The molecular formula is C33H50N6O6. The van der Waals surface area contributed by atoms with Crippen LogP contribution in [0.1, 0.15) is 112 Å². The number of para-hydroxylation sites is 2. The molecule has 2 aromatic carbocycles. The Morgan fingerprint density at radius 2 is 0.889 bits per heavy atom. The van der Waals surface area contributed by atoms with Crippen molar-refractivity contribution in [1.29, 1.82) is 0 Å². The standard InChI is InChI=1S/C33H50N6O6/c1-3-5-7-9-11-17-23-44-28-21-15-13-19-26(28)30(40)36-38-32(42)34-25-35-33(43)39-37-31(41)27-20-14-16-22-29(27)45-24-18-12-10-8-6-4-2/h13-16,19-22H,3-12,17-18,23-25H2,1-2H3,(H,36,40)(H,37,41)(H2,34,38,42)(H2,35,39,43). The lowest BCUT2D eigenvalue weighted by atomic mass is 10.1. The number of hydrogen-bond donors (Lipinski definition) is 6. The lowest BCUT2D eigenvalue weighted by molar-refractivity contribution is 0.0926. The van der Waals surface area contributed by atoms with Gasteiger partial charge in [-0.3, -0.25) is 20.4 Å². The fourth-order valence-corrected chi connectivity index (χ4v) is 4.34. The van der Waals surface area contributed by atoms with Crippen molar-refractivity contribution in [3.05, 3.63) is 59.7 Å². The van der Waals surface area contributed by atoms with Crippen LogP contribution in [-0.2, 0) is 0 Å². The molecule has 0 bridgehead atoms. The third-order valence-corrected chi connectivity index (χ3v) is 6.85. The number of carbonyl (C=O) groups excluding carboxylic acids is 4. The number of amides is 6. The highest BCUT2D eigenvalue weighted by atomic mass is 16.5. The van der Waals surface area contributed by atoms with E-state index in [1.54, 1.807) is 48.5 Å². The summed E-state index contributed by atoms with van der Waals surface area (Å²) in [4.78, 5) is 49.4. The third kappa shape index (κ3) is 15.7. The number of unbranched alkanes of at least 4 members (excludes halogenated alkanes) is 10. The van der Waals surface area contributed by atoms with E-state index in [1.807, 2.05) is 0 Å². The van der Waals surface area contributed by atoms with E-state index in [0.717, 1.165) is 38.5 Å². The SMILES string of the molecule is CCCCCCCCOc1ccccc1C(=O)NNC(=O)NCNC(=O)NNC(=O)c1ccccc1OCCCCCCCC. The summed E-state index contributed by atoms with van der Waals surface area (Å²) in [5.74, 6) is -0.238. The van der Waals surface area contributed by atoms with Gasteiger partial charge in [-0.25, -0.2) is 20.4 Å². The van der Waals surface area contributed by atoms with Crippen molar-refractivity contribution in [3.8, 4) is 11.5 Å². The number of hydrazine groups is 2. The van der Waals surface area contributed by atoms with Crippen molar-refractivity contribution >= 4 is 23.9 Å². The first-order chi connectivity index (χ1) is 22.0. The van der Waals surface area contributed by atoms with Gasteiger partial charge in [-0.2, -0.15) is 0 Å². The first kappa shape index (κ1) is 36.7. The Labute approximate surface area is 266 Å². The Morgan fingerprint density at radius 3 is 1.31 bits per heavy atom. The molecule has 0 fully saturated rings. The zero-order valence-corrected chi connectivity index (χ0v) is 26.7. The minimum atomic E-state index is -0.755. The van der Waals surface area contributed by atoms with Crippen LogP contribution < -0.4 is 41.8 Å². The normalized spacial score (nSPS) is 10.4. The summed E-state index contributed by atoms with van der Waals surface area (Å²) in [5, 5.41) is 4.74. The molecule has 0 radical (unpaired) electrons. The summed E-state index contributed by atoms with van der Waals surface area (Å²) < 4.78 is 11.6. The first-order valence-corrected chi connectivity index (χ1v) is 16.1. The fourth-order valence-electron chi connectivity index (χ4n) is 4.34. The van der Waals surface area contributed by atoms with Gasteiger partial charge in [0.05, 0.1) is 31.0 Å². The van der Waals surface area contributed by atoms with Crippen LogP contribution in [0.5, 0.6) is 11.5 Å². The van der Waals surface area contributed by atoms with Crippen LogP contribution in [0.2, 0.25) is 0 Å². The summed E-state index contributed by atoms with van der Waals surface area (Å²) in [7, 11) is 0. The van der Waals surface area contributed by atoms with Gasteiger partial charge in [0.2, 0.25) is 0 Å². The molecule has 0 spiro atoms. The molecule has 0 atom stereocenters. The van der Waals surface area contributed by atoms with E-state index in [2.05, 4.69) is 46.2 Å². The van der Waals surface area contributed by atoms with Crippen molar-refractivity contribution in [1.82, 2.24) is 32.3 Å². The van der Waals surface area contributed by atoms with E-state index in [1.165, 1.54) is 38.5 Å². The van der Waals surface area contributed by atoms with E-state index in [-0.39, 0.29) is 17.8 Å². The number of nitrogens with one attached hydrogen (secondary N) is 6. The van der Waals surface area contributed by atoms with E-state index in [0.29, 0.717) is 24.7 Å². The van der Waals surface area contributed by atoms with Gasteiger partial charge in [-0.1, -0.05) is 102 Å². The van der Waals surface area contributed by atoms with Crippen LogP contribution in [0.4, 0.5) is 9.59 Å². The maximum absolute atomic E-state index is 12.6. The number of benzene rings is 2. The molecule has 0 aromatic heterocycles. The summed E-state index contributed by atoms with van der Waals surface area (Å²) in [6.07, 6.45) is 13.5. The zero-order chi connectivity index (χ0) is 32.5. The van der Waals surface area contributed by atoms with Crippen LogP contribution in [-0.4, -0.2) is 43.8 Å². The van der Waals surface area contributed by atoms with Gasteiger partial charge < -0.3 is 20.1 Å². The Balaban J connectivity index is 1.65. The molecule has 6 N–H and O–H groups in total. The highest BCUT2D eigenvalue weighted by Crippen LogP contribution is 2.19. The quantitative estimate of drug-likeness (QED) is 0.0627. The topological polar surface area (TPSA) is 159 Å². The second-order valence-corrected chi connectivity index (χ2v) is 10.6. The fraction of sp³-hybridized carbons (Fsp3) is 0.515. The van der Waals surface area contributed by atoms with Crippen molar-refractivity contribution in [2.75, 3.05) is 19.9 Å². The number of hydrogen-bond acceptors (Lipinski definition) is 6. The van der Waals surface area contributed by atoms with Gasteiger partial charge in [0.1, 0.15) is 11.5 Å². The average molecular weight is 627 g/mol. The molecule has 2 rings (SSSR count). The molecule has 0 aliphatic rings. The highest BCUT2D eigenvalue weighted by Gasteiger charge is 2.14. The summed E-state index contributed by atoms with van der Waals surface area (Å²) in [5.41, 5.74) is 9.66. The molecular weight excluding hydrogens is 576 g/mol. The van der Waals surface area contributed by atoms with Gasteiger partial charge >= 0.3 is 12.1 Å². The molecule has 6 amide bonds. The third-order valence-electron chi connectivity index (χ3n) is 6.85.